The van der Waals surface area contributed by atoms with Gasteiger partial charge in [0.25, 0.3) is 5.56 Å². The Balaban J connectivity index is 2.30. The van der Waals surface area contributed by atoms with E-state index in [0.29, 0.717) is 21.0 Å². The minimum Gasteiger partial charge on any atom is -0.301 e. The van der Waals surface area contributed by atoms with Gasteiger partial charge in [0.2, 0.25) is 0 Å². The number of aryl methyl sites for hydroxylation is 1. The summed E-state index contributed by atoms with van der Waals surface area (Å²) < 4.78 is 0. The SMILES string of the molecule is Cc1cc(=O)[nH]c(Sc2cc(Cl)ncn2)n1. The fourth-order valence-electron chi connectivity index (χ4n) is 1.07. The van der Waals surface area contributed by atoms with E-state index in [0.717, 1.165) is 0 Å². The largest absolute Gasteiger partial charge is 0.301 e. The van der Waals surface area contributed by atoms with Crippen molar-refractivity contribution in [3.8, 4) is 0 Å². The van der Waals surface area contributed by atoms with Gasteiger partial charge >= 0.3 is 0 Å². The molecular weight excluding hydrogens is 248 g/mol. The standard InChI is InChI=1S/C9H7ClN4OS/c1-5-2-7(15)14-9(13-5)16-8-3-6(10)11-4-12-8/h2-4H,1H3,(H,13,14,15). The van der Waals surface area contributed by atoms with E-state index < -0.39 is 0 Å². The van der Waals surface area contributed by atoms with Crippen LogP contribution in [0.4, 0.5) is 0 Å². The number of rotatable bonds is 2. The second-order valence-corrected chi connectivity index (χ2v) is 4.37. The number of aromatic amines is 1. The van der Waals surface area contributed by atoms with Gasteiger partial charge in [-0.2, -0.15) is 0 Å². The molecule has 0 unspecified atom stereocenters. The van der Waals surface area contributed by atoms with Gasteiger partial charge in [0.05, 0.1) is 0 Å². The first-order valence-corrected chi connectivity index (χ1v) is 5.56. The number of H-pyrrole nitrogens is 1. The van der Waals surface area contributed by atoms with Gasteiger partial charge in [0.1, 0.15) is 16.5 Å². The molecule has 2 aromatic heterocycles. The van der Waals surface area contributed by atoms with Gasteiger partial charge in [-0.05, 0) is 18.7 Å². The van der Waals surface area contributed by atoms with Gasteiger partial charge < -0.3 is 4.98 Å². The molecule has 2 aromatic rings. The zero-order chi connectivity index (χ0) is 11.5. The third-order valence-electron chi connectivity index (χ3n) is 1.66. The molecule has 2 heterocycles. The summed E-state index contributed by atoms with van der Waals surface area (Å²) >= 11 is 6.94. The first kappa shape index (κ1) is 11.1. The van der Waals surface area contributed by atoms with E-state index >= 15 is 0 Å². The van der Waals surface area contributed by atoms with Crippen molar-refractivity contribution in [1.82, 2.24) is 19.9 Å². The molecule has 1 N–H and O–H groups in total. The number of nitrogens with zero attached hydrogens (tertiary/aromatic N) is 3. The van der Waals surface area contributed by atoms with Crippen molar-refractivity contribution in [1.29, 1.82) is 0 Å². The average molecular weight is 255 g/mol. The predicted molar refractivity (Wildman–Crippen MR) is 60.8 cm³/mol. The average Bonchev–Trinajstić information content (AvgIpc) is 2.15. The molecule has 82 valence electrons. The molecule has 0 spiro atoms. The lowest BCUT2D eigenvalue weighted by molar-refractivity contribution is 0.900. The highest BCUT2D eigenvalue weighted by atomic mass is 35.5. The van der Waals surface area contributed by atoms with E-state index in [1.54, 1.807) is 13.0 Å². The van der Waals surface area contributed by atoms with E-state index in [1.165, 1.54) is 24.2 Å². The maximum atomic E-state index is 11.2. The Morgan fingerprint density at radius 3 is 2.88 bits per heavy atom. The van der Waals surface area contributed by atoms with Crippen LogP contribution in [0.5, 0.6) is 0 Å². The highest BCUT2D eigenvalue weighted by Crippen LogP contribution is 2.22. The van der Waals surface area contributed by atoms with Crippen LogP contribution in [-0.4, -0.2) is 19.9 Å². The van der Waals surface area contributed by atoms with Crippen LogP contribution < -0.4 is 5.56 Å². The van der Waals surface area contributed by atoms with Gasteiger partial charge in [-0.15, -0.1) is 0 Å². The first-order chi connectivity index (χ1) is 7.63. The topological polar surface area (TPSA) is 71.5 Å². The fourth-order valence-corrected chi connectivity index (χ4v) is 2.09. The molecule has 0 saturated heterocycles. The van der Waals surface area contributed by atoms with Crippen molar-refractivity contribution in [2.45, 2.75) is 17.1 Å². The minimum atomic E-state index is -0.185. The van der Waals surface area contributed by atoms with Crippen LogP contribution >= 0.6 is 23.4 Å². The van der Waals surface area contributed by atoms with Crippen molar-refractivity contribution in [2.75, 3.05) is 0 Å². The molecule has 0 fully saturated rings. The second-order valence-electron chi connectivity index (χ2n) is 2.97. The van der Waals surface area contributed by atoms with Gasteiger partial charge in [-0.25, -0.2) is 15.0 Å². The molecule has 0 aliphatic rings. The normalized spacial score (nSPS) is 10.4. The predicted octanol–water partition coefficient (Wildman–Crippen LogP) is 1.67. The molecular formula is C9H7ClN4OS. The van der Waals surface area contributed by atoms with E-state index in [2.05, 4.69) is 19.9 Å². The molecule has 7 heteroatoms. The molecule has 0 radical (unpaired) electrons. The summed E-state index contributed by atoms with van der Waals surface area (Å²) in [7, 11) is 0. The van der Waals surface area contributed by atoms with Crippen molar-refractivity contribution in [3.63, 3.8) is 0 Å². The number of nitrogens with one attached hydrogen (secondary N) is 1. The third-order valence-corrected chi connectivity index (χ3v) is 2.68. The Hall–Kier alpha value is -1.40. The Kier molecular flexibility index (Phi) is 3.21. The summed E-state index contributed by atoms with van der Waals surface area (Å²) in [6.07, 6.45) is 1.36. The van der Waals surface area contributed by atoms with E-state index in [4.69, 9.17) is 11.6 Å². The van der Waals surface area contributed by atoms with Gasteiger partial charge in [0, 0.05) is 17.8 Å². The van der Waals surface area contributed by atoms with E-state index in [1.807, 2.05) is 0 Å². The first-order valence-electron chi connectivity index (χ1n) is 4.37. The van der Waals surface area contributed by atoms with Gasteiger partial charge in [-0.3, -0.25) is 4.79 Å². The molecule has 0 saturated carbocycles. The lowest BCUT2D eigenvalue weighted by Gasteiger charge is -2.00. The smallest absolute Gasteiger partial charge is 0.251 e. The van der Waals surface area contributed by atoms with Gasteiger partial charge in [0.15, 0.2) is 5.16 Å². The summed E-state index contributed by atoms with van der Waals surface area (Å²) in [6.45, 7) is 1.76. The minimum absolute atomic E-state index is 0.185. The number of hydrogen-bond donors (Lipinski definition) is 1. The van der Waals surface area contributed by atoms with E-state index in [9.17, 15) is 4.79 Å². The lowest BCUT2D eigenvalue weighted by Crippen LogP contribution is -2.07. The zero-order valence-corrected chi connectivity index (χ0v) is 9.84. The van der Waals surface area contributed by atoms with E-state index in [-0.39, 0.29) is 5.56 Å². The number of aromatic nitrogens is 4. The zero-order valence-electron chi connectivity index (χ0n) is 8.27. The molecule has 2 rings (SSSR count). The molecule has 5 nitrogen and oxygen atoms in total. The number of hydrogen-bond acceptors (Lipinski definition) is 5. The van der Waals surface area contributed by atoms with Crippen molar-refractivity contribution in [3.05, 3.63) is 39.7 Å². The van der Waals surface area contributed by atoms with Crippen molar-refractivity contribution in [2.24, 2.45) is 0 Å². The van der Waals surface area contributed by atoms with Crippen LogP contribution in [0.25, 0.3) is 0 Å². The van der Waals surface area contributed by atoms with Crippen molar-refractivity contribution < 1.29 is 0 Å². The van der Waals surface area contributed by atoms with Crippen LogP contribution in [0.3, 0.4) is 0 Å². The van der Waals surface area contributed by atoms with Crippen LogP contribution in [0.15, 0.2) is 33.4 Å². The summed E-state index contributed by atoms with van der Waals surface area (Å²) in [5, 5.41) is 1.47. The molecule has 16 heavy (non-hydrogen) atoms. The Bertz CT molecular complexity index is 571. The Labute approximate surface area is 100 Å². The van der Waals surface area contributed by atoms with Crippen LogP contribution in [-0.2, 0) is 0 Å². The Morgan fingerprint density at radius 1 is 1.38 bits per heavy atom. The fraction of sp³-hybridized carbons (Fsp3) is 0.111. The summed E-state index contributed by atoms with van der Waals surface area (Å²) in [6, 6.07) is 3.03. The highest BCUT2D eigenvalue weighted by Gasteiger charge is 2.03. The molecule has 0 bridgehead atoms. The quantitative estimate of drug-likeness (QED) is 0.652. The molecule has 0 aliphatic heterocycles. The van der Waals surface area contributed by atoms with Crippen LogP contribution in [0, 0.1) is 6.92 Å². The molecule has 0 aliphatic carbocycles. The summed E-state index contributed by atoms with van der Waals surface area (Å²) in [4.78, 5) is 25.7. The third kappa shape index (κ3) is 2.80. The van der Waals surface area contributed by atoms with Crippen molar-refractivity contribution >= 4 is 23.4 Å². The maximum Gasteiger partial charge on any atom is 0.251 e. The highest BCUT2D eigenvalue weighted by molar-refractivity contribution is 7.99. The second kappa shape index (κ2) is 4.63. The van der Waals surface area contributed by atoms with Crippen LogP contribution in [0.2, 0.25) is 5.15 Å². The Morgan fingerprint density at radius 2 is 2.19 bits per heavy atom. The number of halogens is 1. The summed E-state index contributed by atoms with van der Waals surface area (Å²) in [5.41, 5.74) is 0.474. The molecule has 0 aromatic carbocycles. The lowest BCUT2D eigenvalue weighted by atomic mass is 10.5. The molecule has 0 amide bonds. The van der Waals surface area contributed by atoms with Crippen LogP contribution in [0.1, 0.15) is 5.69 Å². The monoisotopic (exact) mass is 254 g/mol. The van der Waals surface area contributed by atoms with Gasteiger partial charge in [-0.1, -0.05) is 11.6 Å². The summed E-state index contributed by atoms with van der Waals surface area (Å²) in [5.74, 6) is 0. The maximum absolute atomic E-state index is 11.2. The molecule has 0 atom stereocenters.